The lowest BCUT2D eigenvalue weighted by Crippen LogP contribution is -2.23. The van der Waals surface area contributed by atoms with E-state index in [2.05, 4.69) is 17.4 Å². The molecule has 0 aliphatic heterocycles. The van der Waals surface area contributed by atoms with Crippen LogP contribution < -0.4 is 5.32 Å². The smallest absolute Gasteiger partial charge is 0.335 e. The van der Waals surface area contributed by atoms with Gasteiger partial charge in [-0.25, -0.2) is 4.79 Å². The molecule has 0 saturated carbocycles. The van der Waals surface area contributed by atoms with Gasteiger partial charge in [-0.05, 0) is 59.5 Å². The minimum atomic E-state index is -0.925. The molecule has 0 aromatic heterocycles. The molecule has 0 amide bonds. The lowest BCUT2D eigenvalue weighted by Gasteiger charge is -2.13. The van der Waals surface area contributed by atoms with Crippen LogP contribution in [-0.4, -0.2) is 29.3 Å². The zero-order chi connectivity index (χ0) is 19.9. The molecule has 1 atom stereocenters. The number of hydrogen-bond donors (Lipinski definition) is 3. The predicted octanol–water partition coefficient (Wildman–Crippen LogP) is 4.99. The van der Waals surface area contributed by atoms with Crippen LogP contribution in [0.4, 0.5) is 0 Å². The van der Waals surface area contributed by atoms with E-state index in [-0.39, 0.29) is 18.0 Å². The van der Waals surface area contributed by atoms with Gasteiger partial charge in [0.15, 0.2) is 0 Å². The maximum Gasteiger partial charge on any atom is 0.335 e. The van der Waals surface area contributed by atoms with E-state index in [1.807, 2.05) is 36.4 Å². The van der Waals surface area contributed by atoms with E-state index in [4.69, 9.17) is 16.7 Å². The van der Waals surface area contributed by atoms with Gasteiger partial charge >= 0.3 is 5.97 Å². The Morgan fingerprint density at radius 3 is 2.38 bits per heavy atom. The number of hydrogen-bond acceptors (Lipinski definition) is 3. The summed E-state index contributed by atoms with van der Waals surface area (Å²) in [4.78, 5) is 11.0. The molecule has 0 saturated heterocycles. The number of carbonyl (C=O) groups is 1. The van der Waals surface area contributed by atoms with Crippen molar-refractivity contribution >= 4 is 30.0 Å². The SMILES string of the molecule is Cl.O=C(O)c1ccc(-c2cccc(CCNC[C@H](O)c3cccc(Cl)c3)c2)cc1. The highest BCUT2D eigenvalue weighted by molar-refractivity contribution is 6.30. The number of carboxylic acids is 1. The van der Waals surface area contributed by atoms with Gasteiger partial charge in [0.05, 0.1) is 11.7 Å². The summed E-state index contributed by atoms with van der Waals surface area (Å²) in [6, 6.07) is 22.3. The van der Waals surface area contributed by atoms with Gasteiger partial charge in [0.2, 0.25) is 0 Å². The number of halogens is 2. The van der Waals surface area contributed by atoms with E-state index in [9.17, 15) is 9.90 Å². The lowest BCUT2D eigenvalue weighted by atomic mass is 10.0. The second-order valence-corrected chi connectivity index (χ2v) is 7.04. The maximum atomic E-state index is 11.0. The van der Waals surface area contributed by atoms with Gasteiger partial charge in [-0.15, -0.1) is 12.4 Å². The van der Waals surface area contributed by atoms with Crippen molar-refractivity contribution < 1.29 is 15.0 Å². The highest BCUT2D eigenvalue weighted by Crippen LogP contribution is 2.21. The van der Waals surface area contributed by atoms with E-state index in [0.717, 1.165) is 29.7 Å². The molecule has 4 nitrogen and oxygen atoms in total. The van der Waals surface area contributed by atoms with Crippen LogP contribution in [0.3, 0.4) is 0 Å². The molecule has 0 aliphatic rings. The summed E-state index contributed by atoms with van der Waals surface area (Å²) in [5.74, 6) is -0.925. The van der Waals surface area contributed by atoms with Crippen molar-refractivity contribution in [1.82, 2.24) is 5.32 Å². The number of benzene rings is 3. The normalized spacial score (nSPS) is 11.5. The molecule has 0 aliphatic carbocycles. The van der Waals surface area contributed by atoms with Crippen molar-refractivity contribution in [1.29, 1.82) is 0 Å². The van der Waals surface area contributed by atoms with Crippen molar-refractivity contribution in [2.24, 2.45) is 0 Å². The molecule has 29 heavy (non-hydrogen) atoms. The van der Waals surface area contributed by atoms with Crippen LogP contribution >= 0.6 is 24.0 Å². The number of rotatable bonds is 8. The average molecular weight is 432 g/mol. The van der Waals surface area contributed by atoms with E-state index >= 15 is 0 Å². The molecular formula is C23H23Cl2NO3. The van der Waals surface area contributed by atoms with Crippen molar-refractivity contribution in [3.63, 3.8) is 0 Å². The third-order valence-electron chi connectivity index (χ3n) is 4.55. The summed E-state index contributed by atoms with van der Waals surface area (Å²) in [5.41, 5.74) is 4.28. The summed E-state index contributed by atoms with van der Waals surface area (Å²) in [5, 5.41) is 23.1. The minimum Gasteiger partial charge on any atom is -0.478 e. The van der Waals surface area contributed by atoms with Gasteiger partial charge in [-0.3, -0.25) is 0 Å². The molecule has 0 heterocycles. The fourth-order valence-corrected chi connectivity index (χ4v) is 3.21. The van der Waals surface area contributed by atoms with Gasteiger partial charge in [-0.1, -0.05) is 60.1 Å². The Morgan fingerprint density at radius 1 is 0.966 bits per heavy atom. The zero-order valence-electron chi connectivity index (χ0n) is 15.7. The largest absolute Gasteiger partial charge is 0.478 e. The zero-order valence-corrected chi connectivity index (χ0v) is 17.3. The molecule has 0 fully saturated rings. The van der Waals surface area contributed by atoms with Crippen LogP contribution in [0.15, 0.2) is 72.8 Å². The van der Waals surface area contributed by atoms with Crippen LogP contribution in [0.2, 0.25) is 5.02 Å². The molecule has 0 unspecified atom stereocenters. The third kappa shape index (κ3) is 6.58. The predicted molar refractivity (Wildman–Crippen MR) is 119 cm³/mol. The Bertz CT molecular complexity index is 945. The molecule has 3 rings (SSSR count). The Labute approximate surface area is 181 Å². The van der Waals surface area contributed by atoms with E-state index in [1.165, 1.54) is 5.56 Å². The highest BCUT2D eigenvalue weighted by Gasteiger charge is 2.08. The third-order valence-corrected chi connectivity index (χ3v) is 4.79. The Kier molecular flexibility index (Phi) is 8.68. The van der Waals surface area contributed by atoms with Crippen LogP contribution in [0, 0.1) is 0 Å². The summed E-state index contributed by atoms with van der Waals surface area (Å²) in [6.07, 6.45) is 0.223. The Morgan fingerprint density at radius 2 is 1.69 bits per heavy atom. The number of aliphatic hydroxyl groups excluding tert-OH is 1. The van der Waals surface area contributed by atoms with Crippen LogP contribution in [0.1, 0.15) is 27.6 Å². The van der Waals surface area contributed by atoms with Crippen LogP contribution in [0.5, 0.6) is 0 Å². The first-order valence-electron chi connectivity index (χ1n) is 9.10. The van der Waals surface area contributed by atoms with Crippen molar-refractivity contribution in [2.45, 2.75) is 12.5 Å². The van der Waals surface area contributed by atoms with Gasteiger partial charge < -0.3 is 15.5 Å². The molecule has 0 bridgehead atoms. The molecule has 152 valence electrons. The van der Waals surface area contributed by atoms with Gasteiger partial charge in [0.25, 0.3) is 0 Å². The summed E-state index contributed by atoms with van der Waals surface area (Å²) in [6.45, 7) is 1.19. The fourth-order valence-electron chi connectivity index (χ4n) is 3.01. The fraction of sp³-hybridized carbons (Fsp3) is 0.174. The lowest BCUT2D eigenvalue weighted by molar-refractivity contribution is 0.0697. The number of carboxylic acid groups (broad SMARTS) is 1. The first-order chi connectivity index (χ1) is 13.5. The summed E-state index contributed by atoms with van der Waals surface area (Å²) < 4.78 is 0. The topological polar surface area (TPSA) is 69.6 Å². The molecular weight excluding hydrogens is 409 g/mol. The number of aromatic carboxylic acids is 1. The van der Waals surface area contributed by atoms with E-state index in [1.54, 1.807) is 24.3 Å². The summed E-state index contributed by atoms with van der Waals surface area (Å²) in [7, 11) is 0. The number of aliphatic hydroxyl groups is 1. The molecule has 3 aromatic carbocycles. The Hall–Kier alpha value is -2.37. The van der Waals surface area contributed by atoms with Gasteiger partial charge in [0.1, 0.15) is 0 Å². The minimum absolute atomic E-state index is 0. The van der Waals surface area contributed by atoms with E-state index in [0.29, 0.717) is 11.6 Å². The molecule has 6 heteroatoms. The first kappa shape index (κ1) is 22.9. The van der Waals surface area contributed by atoms with E-state index < -0.39 is 12.1 Å². The monoisotopic (exact) mass is 431 g/mol. The molecule has 0 spiro atoms. The van der Waals surface area contributed by atoms with Crippen LogP contribution in [-0.2, 0) is 6.42 Å². The van der Waals surface area contributed by atoms with Gasteiger partial charge in [-0.2, -0.15) is 0 Å². The van der Waals surface area contributed by atoms with Crippen molar-refractivity contribution in [2.75, 3.05) is 13.1 Å². The second-order valence-electron chi connectivity index (χ2n) is 6.61. The van der Waals surface area contributed by atoms with Crippen LogP contribution in [0.25, 0.3) is 11.1 Å². The van der Waals surface area contributed by atoms with Crippen molar-refractivity contribution in [3.05, 3.63) is 94.5 Å². The number of nitrogens with one attached hydrogen (secondary N) is 1. The second kappa shape index (κ2) is 11.0. The average Bonchev–Trinajstić information content (AvgIpc) is 2.71. The molecule has 3 aromatic rings. The Balaban J connectivity index is 0.00000300. The van der Waals surface area contributed by atoms with Gasteiger partial charge in [0, 0.05) is 11.6 Å². The first-order valence-corrected chi connectivity index (χ1v) is 9.47. The summed E-state index contributed by atoms with van der Waals surface area (Å²) >= 11 is 5.96. The standard InChI is InChI=1S/C23H22ClNO3.ClH/c24-21-6-2-5-20(14-21)22(26)15-25-12-11-16-3-1-4-19(13-16)17-7-9-18(10-8-17)23(27)28;/h1-10,13-14,22,25-26H,11-12,15H2,(H,27,28);1H/t22-;/m0./s1. The molecule has 0 radical (unpaired) electrons. The maximum absolute atomic E-state index is 11.0. The van der Waals surface area contributed by atoms with Crippen molar-refractivity contribution in [3.8, 4) is 11.1 Å². The molecule has 3 N–H and O–H groups in total. The quantitative estimate of drug-likeness (QED) is 0.439. The highest BCUT2D eigenvalue weighted by atomic mass is 35.5.